The van der Waals surface area contributed by atoms with Gasteiger partial charge in [0.15, 0.2) is 6.79 Å². The number of dihydropyridines is 1. The van der Waals surface area contributed by atoms with Crippen LogP contribution in [0.25, 0.3) is 0 Å². The van der Waals surface area contributed by atoms with Crippen LogP contribution in [0.1, 0.15) is 54.4 Å². The Morgan fingerprint density at radius 3 is 2.54 bits per heavy atom. The molecule has 154 valence electrons. The maximum Gasteiger partial charge on any atom is 0.188 e. The Bertz CT molecular complexity index is 766. The minimum Gasteiger partial charge on any atom is -0.508 e. The summed E-state index contributed by atoms with van der Waals surface area (Å²) in [6.45, 7) is 5.95. The van der Waals surface area contributed by atoms with E-state index in [0.29, 0.717) is 23.8 Å². The van der Waals surface area contributed by atoms with Gasteiger partial charge in [0.25, 0.3) is 0 Å². The van der Waals surface area contributed by atoms with E-state index in [2.05, 4.69) is 0 Å². The fraction of sp³-hybridized carbons (Fsp3) is 0.609. The highest BCUT2D eigenvalue weighted by atomic mass is 19.1. The van der Waals surface area contributed by atoms with Gasteiger partial charge < -0.3 is 14.6 Å². The van der Waals surface area contributed by atoms with E-state index in [9.17, 15) is 5.11 Å². The summed E-state index contributed by atoms with van der Waals surface area (Å²) < 4.78 is 25.8. The number of methoxy groups -OCH3 is 1. The average molecular weight is 390 g/mol. The molecule has 0 aromatic heterocycles. The van der Waals surface area contributed by atoms with E-state index in [1.165, 1.54) is 19.3 Å². The fourth-order valence-electron chi connectivity index (χ4n) is 4.38. The number of hydrogen-bond acceptors (Lipinski definition) is 4. The zero-order valence-corrected chi connectivity index (χ0v) is 17.4. The van der Waals surface area contributed by atoms with Gasteiger partial charge in [-0.25, -0.2) is 4.39 Å². The first kappa shape index (κ1) is 20.8. The van der Waals surface area contributed by atoms with Crippen molar-refractivity contribution < 1.29 is 19.0 Å². The number of ether oxygens (including phenoxy) is 2. The molecule has 2 aliphatic rings. The van der Waals surface area contributed by atoms with E-state index in [-0.39, 0.29) is 6.79 Å². The van der Waals surface area contributed by atoms with Crippen molar-refractivity contribution in [3.05, 3.63) is 40.2 Å². The predicted molar refractivity (Wildman–Crippen MR) is 110 cm³/mol. The van der Waals surface area contributed by atoms with E-state index in [0.717, 1.165) is 40.8 Å². The molecule has 1 saturated carbocycles. The lowest BCUT2D eigenvalue weighted by atomic mass is 9.83. The van der Waals surface area contributed by atoms with Gasteiger partial charge in [-0.3, -0.25) is 4.99 Å². The Kier molecular flexibility index (Phi) is 6.76. The highest BCUT2D eigenvalue weighted by Gasteiger charge is 2.32. The quantitative estimate of drug-likeness (QED) is 0.688. The molecule has 1 aromatic carbocycles. The molecule has 0 saturated heterocycles. The van der Waals surface area contributed by atoms with Gasteiger partial charge in [-0.1, -0.05) is 19.3 Å². The normalized spacial score (nSPS) is 23.3. The van der Waals surface area contributed by atoms with Crippen LogP contribution in [0.2, 0.25) is 0 Å². The molecule has 1 aliphatic heterocycles. The van der Waals surface area contributed by atoms with Crippen LogP contribution >= 0.6 is 0 Å². The molecule has 3 rings (SSSR count). The van der Waals surface area contributed by atoms with Crippen molar-refractivity contribution in [2.75, 3.05) is 13.9 Å². The Morgan fingerprint density at radius 1 is 1.14 bits per heavy atom. The van der Waals surface area contributed by atoms with Crippen molar-refractivity contribution >= 4 is 5.71 Å². The molecule has 4 nitrogen and oxygen atoms in total. The molecule has 1 N–H and O–H groups in total. The maximum absolute atomic E-state index is 15.0. The number of halogens is 1. The molecule has 28 heavy (non-hydrogen) atoms. The largest absolute Gasteiger partial charge is 0.508 e. The Hall–Kier alpha value is -1.88. The molecule has 2 unspecified atom stereocenters. The SMILES string of the molecule is COCOC1=CC(F)C(Cc2c(C)cc(O)c(C)c2C)N=C1C1CCCCC1. The smallest absolute Gasteiger partial charge is 0.188 e. The second-order valence-corrected chi connectivity index (χ2v) is 8.09. The third-order valence-corrected chi connectivity index (χ3v) is 6.20. The summed E-state index contributed by atoms with van der Waals surface area (Å²) in [6.07, 6.45) is 6.66. The average Bonchev–Trinajstić information content (AvgIpc) is 2.69. The summed E-state index contributed by atoms with van der Waals surface area (Å²) >= 11 is 0. The van der Waals surface area contributed by atoms with Gasteiger partial charge in [0, 0.05) is 13.0 Å². The van der Waals surface area contributed by atoms with Gasteiger partial charge in [0.1, 0.15) is 17.7 Å². The molecule has 1 aliphatic carbocycles. The van der Waals surface area contributed by atoms with Gasteiger partial charge in [-0.2, -0.15) is 0 Å². The van der Waals surface area contributed by atoms with Gasteiger partial charge in [-0.05, 0) is 74.4 Å². The van der Waals surface area contributed by atoms with E-state index >= 15 is 4.39 Å². The lowest BCUT2D eigenvalue weighted by Crippen LogP contribution is -2.33. The zero-order valence-electron chi connectivity index (χ0n) is 17.4. The Labute approximate surface area is 167 Å². The van der Waals surface area contributed by atoms with Crippen LogP contribution < -0.4 is 0 Å². The van der Waals surface area contributed by atoms with Gasteiger partial charge >= 0.3 is 0 Å². The number of aromatic hydroxyl groups is 1. The second-order valence-electron chi connectivity index (χ2n) is 8.09. The van der Waals surface area contributed by atoms with Crippen LogP contribution in [-0.4, -0.2) is 36.9 Å². The number of alkyl halides is 1. The molecule has 0 amide bonds. The standard InChI is InChI=1S/C23H32FNO3/c1-14-10-21(26)16(3)15(2)18(14)11-20-19(24)12-22(28-13-27-4)23(25-20)17-8-6-5-7-9-17/h10,12,17,19-20,26H,5-9,11,13H2,1-4H3. The van der Waals surface area contributed by atoms with E-state index in [1.807, 2.05) is 20.8 Å². The number of nitrogens with zero attached hydrogens (tertiary/aromatic N) is 1. The van der Waals surface area contributed by atoms with Crippen LogP contribution in [0.15, 0.2) is 22.9 Å². The molecule has 0 spiro atoms. The highest BCUT2D eigenvalue weighted by Crippen LogP contribution is 2.34. The summed E-state index contributed by atoms with van der Waals surface area (Å²) in [6, 6.07) is 1.30. The van der Waals surface area contributed by atoms with E-state index in [4.69, 9.17) is 14.5 Å². The number of benzene rings is 1. The highest BCUT2D eigenvalue weighted by molar-refractivity contribution is 6.01. The first-order valence-corrected chi connectivity index (χ1v) is 10.3. The number of hydrogen-bond donors (Lipinski definition) is 1. The lowest BCUT2D eigenvalue weighted by molar-refractivity contribution is 0.0103. The van der Waals surface area contributed by atoms with Crippen molar-refractivity contribution in [2.24, 2.45) is 10.9 Å². The summed E-state index contributed by atoms with van der Waals surface area (Å²) in [7, 11) is 1.56. The summed E-state index contributed by atoms with van der Waals surface area (Å²) in [4.78, 5) is 4.88. The summed E-state index contributed by atoms with van der Waals surface area (Å²) in [5.41, 5.74) is 4.82. The zero-order chi connectivity index (χ0) is 20.3. The molecule has 5 heteroatoms. The number of phenolic OH excluding ortho intramolecular Hbond substituents is 1. The topological polar surface area (TPSA) is 51.0 Å². The molecule has 1 heterocycles. The molecule has 1 fully saturated rings. The van der Waals surface area contributed by atoms with Crippen LogP contribution in [0, 0.1) is 26.7 Å². The first-order valence-electron chi connectivity index (χ1n) is 10.3. The molecule has 1 aromatic rings. The summed E-state index contributed by atoms with van der Waals surface area (Å²) in [5.74, 6) is 1.17. The van der Waals surface area contributed by atoms with Gasteiger partial charge in [-0.15, -0.1) is 0 Å². The first-order chi connectivity index (χ1) is 13.4. The number of allylic oxidation sites excluding steroid dienone is 1. The van der Waals surface area contributed by atoms with Crippen molar-refractivity contribution in [1.82, 2.24) is 0 Å². The van der Waals surface area contributed by atoms with Crippen molar-refractivity contribution in [3.63, 3.8) is 0 Å². The minimum atomic E-state index is -1.20. The molecule has 0 bridgehead atoms. The van der Waals surface area contributed by atoms with Crippen molar-refractivity contribution in [1.29, 1.82) is 0 Å². The number of aliphatic imine (C=N–C) groups is 1. The third kappa shape index (κ3) is 4.40. The van der Waals surface area contributed by atoms with Crippen LogP contribution in [0.5, 0.6) is 5.75 Å². The van der Waals surface area contributed by atoms with Crippen LogP contribution in [0.4, 0.5) is 4.39 Å². The predicted octanol–water partition coefficient (Wildman–Crippen LogP) is 5.11. The van der Waals surface area contributed by atoms with E-state index < -0.39 is 12.2 Å². The number of rotatable bonds is 6. The van der Waals surface area contributed by atoms with E-state index in [1.54, 1.807) is 19.3 Å². The van der Waals surface area contributed by atoms with Crippen molar-refractivity contribution in [2.45, 2.75) is 71.5 Å². The fourth-order valence-corrected chi connectivity index (χ4v) is 4.38. The summed E-state index contributed by atoms with van der Waals surface area (Å²) in [5, 5.41) is 10.1. The lowest BCUT2D eigenvalue weighted by Gasteiger charge is -2.31. The minimum absolute atomic E-state index is 0.102. The number of aryl methyl sites for hydroxylation is 1. The van der Waals surface area contributed by atoms with Crippen molar-refractivity contribution in [3.8, 4) is 5.75 Å². The Balaban J connectivity index is 1.90. The monoisotopic (exact) mass is 389 g/mol. The molecule has 0 radical (unpaired) electrons. The number of phenols is 1. The maximum atomic E-state index is 15.0. The van der Waals surface area contributed by atoms with Gasteiger partial charge in [0.2, 0.25) is 0 Å². The molecule has 2 atom stereocenters. The van der Waals surface area contributed by atoms with Crippen LogP contribution in [-0.2, 0) is 15.9 Å². The molecular weight excluding hydrogens is 357 g/mol. The second kappa shape index (κ2) is 9.08. The van der Waals surface area contributed by atoms with Gasteiger partial charge in [0.05, 0.1) is 11.8 Å². The van der Waals surface area contributed by atoms with Crippen LogP contribution in [0.3, 0.4) is 0 Å². The molecular formula is C23H32FNO3. The third-order valence-electron chi connectivity index (χ3n) is 6.20. The Morgan fingerprint density at radius 2 is 1.86 bits per heavy atom.